The smallest absolute Gasteiger partial charge is 0.407 e. The van der Waals surface area contributed by atoms with E-state index in [-0.39, 0.29) is 31.4 Å². The molecule has 3 N–H and O–H groups in total. The predicted octanol–water partition coefficient (Wildman–Crippen LogP) is 3.92. The van der Waals surface area contributed by atoms with Crippen LogP contribution in [0.2, 0.25) is 0 Å². The van der Waals surface area contributed by atoms with Crippen molar-refractivity contribution in [1.82, 2.24) is 10.6 Å². The molecule has 0 radical (unpaired) electrons. The zero-order valence-electron chi connectivity index (χ0n) is 18.7. The molecule has 3 rings (SSSR count). The molecule has 0 spiro atoms. The van der Waals surface area contributed by atoms with E-state index in [1.54, 1.807) is 20.8 Å². The van der Waals surface area contributed by atoms with Gasteiger partial charge in [-0.15, -0.1) is 0 Å². The molecule has 7 heteroatoms. The fraction of sp³-hybridized carbons (Fsp3) is 0.400. The molecule has 0 heterocycles. The lowest BCUT2D eigenvalue weighted by Gasteiger charge is -2.24. The van der Waals surface area contributed by atoms with Crippen LogP contribution in [-0.2, 0) is 14.3 Å². The molecule has 1 unspecified atom stereocenters. The van der Waals surface area contributed by atoms with Crippen LogP contribution in [0, 0.1) is 5.41 Å². The molecule has 0 bridgehead atoms. The number of fused-ring (bicyclic) bond motifs is 3. The van der Waals surface area contributed by atoms with Crippen molar-refractivity contribution in [3.8, 4) is 11.1 Å². The van der Waals surface area contributed by atoms with Gasteiger partial charge in [0.15, 0.2) is 0 Å². The van der Waals surface area contributed by atoms with E-state index in [0.29, 0.717) is 6.42 Å². The number of hydrogen-bond donors (Lipinski definition) is 3. The van der Waals surface area contributed by atoms with Gasteiger partial charge in [0.2, 0.25) is 5.91 Å². The van der Waals surface area contributed by atoms with Gasteiger partial charge >= 0.3 is 12.1 Å². The van der Waals surface area contributed by atoms with Crippen LogP contribution in [0.1, 0.15) is 50.7 Å². The van der Waals surface area contributed by atoms with Gasteiger partial charge in [-0.3, -0.25) is 9.59 Å². The van der Waals surface area contributed by atoms with Crippen molar-refractivity contribution in [3.63, 3.8) is 0 Å². The van der Waals surface area contributed by atoms with E-state index in [0.717, 1.165) is 22.3 Å². The lowest BCUT2D eigenvalue weighted by molar-refractivity contribution is -0.139. The van der Waals surface area contributed by atoms with Crippen molar-refractivity contribution in [2.24, 2.45) is 5.41 Å². The summed E-state index contributed by atoms with van der Waals surface area (Å²) in [7, 11) is 0. The molecule has 170 valence electrons. The zero-order valence-corrected chi connectivity index (χ0v) is 18.7. The summed E-state index contributed by atoms with van der Waals surface area (Å²) in [6, 6.07) is 15.4. The van der Waals surface area contributed by atoms with E-state index in [1.807, 2.05) is 36.4 Å². The maximum absolute atomic E-state index is 12.5. The Hall–Kier alpha value is -3.35. The van der Waals surface area contributed by atoms with Crippen molar-refractivity contribution in [2.75, 3.05) is 13.2 Å². The Morgan fingerprint density at radius 2 is 1.59 bits per heavy atom. The van der Waals surface area contributed by atoms with Crippen LogP contribution in [0.5, 0.6) is 0 Å². The first-order chi connectivity index (χ1) is 15.2. The summed E-state index contributed by atoms with van der Waals surface area (Å²) < 4.78 is 5.51. The van der Waals surface area contributed by atoms with Gasteiger partial charge in [0, 0.05) is 12.5 Å². The molecule has 2 amide bonds. The van der Waals surface area contributed by atoms with Crippen molar-refractivity contribution in [1.29, 1.82) is 0 Å². The number of amides is 2. The number of carboxylic acids is 1. The standard InChI is InChI=1S/C25H30N2O5/c1-4-21(23(30)26-15-25(2,3)13-22(28)29)27-24(31)32-14-20-18-11-7-5-9-16(18)17-10-6-8-12-19(17)20/h5-12,20-21H,4,13-15H2,1-3H3,(H,26,30)(H,27,31)(H,28,29). The molecule has 0 fully saturated rings. The van der Waals surface area contributed by atoms with E-state index in [1.165, 1.54) is 0 Å². The molecule has 0 aliphatic heterocycles. The van der Waals surface area contributed by atoms with Crippen LogP contribution in [0.25, 0.3) is 11.1 Å². The van der Waals surface area contributed by atoms with E-state index in [2.05, 4.69) is 22.8 Å². The predicted molar refractivity (Wildman–Crippen MR) is 121 cm³/mol. The lowest BCUT2D eigenvalue weighted by atomic mass is 9.89. The lowest BCUT2D eigenvalue weighted by Crippen LogP contribution is -2.48. The Balaban J connectivity index is 1.57. The summed E-state index contributed by atoms with van der Waals surface area (Å²) in [5, 5.41) is 14.3. The number of carbonyl (C=O) groups excluding carboxylic acids is 2. The number of alkyl carbamates (subject to hydrolysis) is 1. The third kappa shape index (κ3) is 5.46. The van der Waals surface area contributed by atoms with Gasteiger partial charge in [-0.1, -0.05) is 69.3 Å². The normalized spacial score (nSPS) is 13.6. The molecule has 0 saturated heterocycles. The van der Waals surface area contributed by atoms with Gasteiger partial charge in [-0.05, 0) is 34.1 Å². The molecule has 32 heavy (non-hydrogen) atoms. The maximum atomic E-state index is 12.5. The average molecular weight is 439 g/mol. The second-order valence-corrected chi connectivity index (χ2v) is 8.88. The highest BCUT2D eigenvalue weighted by molar-refractivity contribution is 5.85. The third-order valence-electron chi connectivity index (χ3n) is 5.73. The molecule has 1 aliphatic carbocycles. The quantitative estimate of drug-likeness (QED) is 0.550. The topological polar surface area (TPSA) is 105 Å². The van der Waals surface area contributed by atoms with Crippen molar-refractivity contribution in [3.05, 3.63) is 59.7 Å². The van der Waals surface area contributed by atoms with Crippen LogP contribution >= 0.6 is 0 Å². The van der Waals surface area contributed by atoms with E-state index in [4.69, 9.17) is 9.84 Å². The Labute approximate surface area is 188 Å². The van der Waals surface area contributed by atoms with Gasteiger partial charge in [-0.25, -0.2) is 4.79 Å². The summed E-state index contributed by atoms with van der Waals surface area (Å²) >= 11 is 0. The summed E-state index contributed by atoms with van der Waals surface area (Å²) in [5.74, 6) is -1.34. The Bertz CT molecular complexity index is 956. The molecular formula is C25H30N2O5. The van der Waals surface area contributed by atoms with Crippen molar-refractivity contribution < 1.29 is 24.2 Å². The Morgan fingerprint density at radius 1 is 1.03 bits per heavy atom. The van der Waals surface area contributed by atoms with Gasteiger partial charge in [-0.2, -0.15) is 0 Å². The number of rotatable bonds is 9. The van der Waals surface area contributed by atoms with Gasteiger partial charge in [0.1, 0.15) is 12.6 Å². The van der Waals surface area contributed by atoms with Crippen LogP contribution in [0.15, 0.2) is 48.5 Å². The monoisotopic (exact) mass is 438 g/mol. The average Bonchev–Trinajstić information content (AvgIpc) is 3.07. The second-order valence-electron chi connectivity index (χ2n) is 8.88. The molecule has 2 aromatic carbocycles. The molecule has 2 aromatic rings. The number of nitrogens with one attached hydrogen (secondary N) is 2. The Kier molecular flexibility index (Phi) is 7.18. The van der Waals surface area contributed by atoms with Crippen molar-refractivity contribution >= 4 is 18.0 Å². The first-order valence-corrected chi connectivity index (χ1v) is 10.8. The summed E-state index contributed by atoms with van der Waals surface area (Å²) in [6.45, 7) is 5.68. The minimum Gasteiger partial charge on any atom is -0.481 e. The van der Waals surface area contributed by atoms with Crippen LogP contribution in [-0.4, -0.2) is 42.3 Å². The zero-order chi connectivity index (χ0) is 23.3. The molecule has 7 nitrogen and oxygen atoms in total. The fourth-order valence-electron chi connectivity index (χ4n) is 4.06. The molecule has 0 saturated carbocycles. The highest BCUT2D eigenvalue weighted by atomic mass is 16.5. The highest BCUT2D eigenvalue weighted by Gasteiger charge is 2.30. The van der Waals surface area contributed by atoms with Gasteiger partial charge in [0.05, 0.1) is 6.42 Å². The number of benzene rings is 2. The largest absolute Gasteiger partial charge is 0.481 e. The third-order valence-corrected chi connectivity index (χ3v) is 5.73. The minimum atomic E-state index is -0.923. The number of carbonyl (C=O) groups is 3. The summed E-state index contributed by atoms with van der Waals surface area (Å²) in [4.78, 5) is 35.9. The Morgan fingerprint density at radius 3 is 2.12 bits per heavy atom. The molecule has 1 atom stereocenters. The minimum absolute atomic E-state index is 0.0566. The highest BCUT2D eigenvalue weighted by Crippen LogP contribution is 2.44. The summed E-state index contributed by atoms with van der Waals surface area (Å²) in [6.07, 6.45) is -0.335. The molecule has 0 aromatic heterocycles. The van der Waals surface area contributed by atoms with E-state index in [9.17, 15) is 14.4 Å². The fourth-order valence-corrected chi connectivity index (χ4v) is 4.06. The van der Waals surface area contributed by atoms with Gasteiger partial charge < -0.3 is 20.5 Å². The first kappa shape index (κ1) is 23.3. The number of aliphatic carboxylic acids is 1. The SMILES string of the molecule is CCC(NC(=O)OCC1c2ccccc2-c2ccccc21)C(=O)NCC(C)(C)CC(=O)O. The molecular weight excluding hydrogens is 408 g/mol. The summed E-state index contributed by atoms with van der Waals surface area (Å²) in [5.41, 5.74) is 3.93. The van der Waals surface area contributed by atoms with Gasteiger partial charge in [0.25, 0.3) is 0 Å². The molecule has 1 aliphatic rings. The van der Waals surface area contributed by atoms with E-state index < -0.39 is 23.5 Å². The maximum Gasteiger partial charge on any atom is 0.407 e. The van der Waals surface area contributed by atoms with Crippen LogP contribution in [0.4, 0.5) is 4.79 Å². The van der Waals surface area contributed by atoms with Crippen LogP contribution in [0.3, 0.4) is 0 Å². The number of carboxylic acid groups (broad SMARTS) is 1. The first-order valence-electron chi connectivity index (χ1n) is 10.8. The van der Waals surface area contributed by atoms with E-state index >= 15 is 0 Å². The number of ether oxygens (including phenoxy) is 1. The number of hydrogen-bond acceptors (Lipinski definition) is 4. The van der Waals surface area contributed by atoms with Crippen molar-refractivity contribution in [2.45, 2.75) is 45.6 Å². The van der Waals surface area contributed by atoms with Crippen LogP contribution < -0.4 is 10.6 Å². The second kappa shape index (κ2) is 9.85.